The van der Waals surface area contributed by atoms with Crippen LogP contribution in [0.25, 0.3) is 11.3 Å². The van der Waals surface area contributed by atoms with E-state index in [0.717, 1.165) is 11.3 Å². The Morgan fingerprint density at radius 2 is 1.85 bits per heavy atom. The van der Waals surface area contributed by atoms with Gasteiger partial charge in [0.15, 0.2) is 0 Å². The van der Waals surface area contributed by atoms with Gasteiger partial charge in [0.05, 0.1) is 5.69 Å². The van der Waals surface area contributed by atoms with Crippen LogP contribution < -0.4 is 0 Å². The monoisotopic (exact) mass is 271 g/mol. The van der Waals surface area contributed by atoms with Crippen LogP contribution >= 0.6 is 0 Å². The fourth-order valence-electron chi connectivity index (χ4n) is 2.28. The van der Waals surface area contributed by atoms with Crippen LogP contribution in [0.1, 0.15) is 19.4 Å². The number of aryl methyl sites for hydroxylation is 1. The molecule has 0 bridgehead atoms. The number of hydrogen-bond donors (Lipinski definition) is 0. The largest absolute Gasteiger partial charge is 0.347 e. The van der Waals surface area contributed by atoms with Gasteiger partial charge in [-0.2, -0.15) is 5.10 Å². The maximum atomic E-state index is 12.2. The molecule has 0 aliphatic carbocycles. The first-order valence-electron chi connectivity index (χ1n) is 6.68. The molecule has 1 aromatic carbocycles. The van der Waals surface area contributed by atoms with Crippen LogP contribution in [0, 0.1) is 6.92 Å². The van der Waals surface area contributed by atoms with E-state index < -0.39 is 5.54 Å². The highest BCUT2D eigenvalue weighted by atomic mass is 16.2. The number of amides is 1. The predicted octanol–water partition coefficient (Wildman–Crippen LogP) is 2.68. The summed E-state index contributed by atoms with van der Waals surface area (Å²) in [5.41, 5.74) is 2.47. The summed E-state index contributed by atoms with van der Waals surface area (Å²) in [6.45, 7) is 5.82. The number of hydrogen-bond acceptors (Lipinski definition) is 2. The normalized spacial score (nSPS) is 11.4. The minimum absolute atomic E-state index is 0.0249. The van der Waals surface area contributed by atoms with Crippen LogP contribution in [0.15, 0.2) is 36.5 Å². The summed E-state index contributed by atoms with van der Waals surface area (Å²) >= 11 is 0. The van der Waals surface area contributed by atoms with E-state index in [0.29, 0.717) is 0 Å². The van der Waals surface area contributed by atoms with E-state index in [4.69, 9.17) is 0 Å². The summed E-state index contributed by atoms with van der Waals surface area (Å²) in [7, 11) is 3.52. The third-order valence-corrected chi connectivity index (χ3v) is 3.51. The van der Waals surface area contributed by atoms with Crippen molar-refractivity contribution >= 4 is 5.91 Å². The van der Waals surface area contributed by atoms with E-state index in [9.17, 15) is 4.79 Å². The lowest BCUT2D eigenvalue weighted by atomic mass is 10.0. The standard InChI is InChI=1S/C16H21N3O/c1-12-8-6-7-9-13(12)14-10-11-19(17-14)16(2,3)15(20)18(4)5/h6-11H,1-5H3. The molecule has 4 heteroatoms. The second-order valence-corrected chi connectivity index (χ2v) is 5.72. The zero-order valence-electron chi connectivity index (χ0n) is 12.7. The summed E-state index contributed by atoms with van der Waals surface area (Å²) < 4.78 is 1.73. The SMILES string of the molecule is Cc1ccccc1-c1ccn(C(C)(C)C(=O)N(C)C)n1. The average Bonchev–Trinajstić information content (AvgIpc) is 2.88. The molecule has 1 aromatic heterocycles. The van der Waals surface area contributed by atoms with Crippen molar-refractivity contribution in [1.29, 1.82) is 0 Å². The van der Waals surface area contributed by atoms with E-state index in [1.807, 2.05) is 44.3 Å². The average molecular weight is 271 g/mol. The van der Waals surface area contributed by atoms with Crippen LogP contribution in [0.3, 0.4) is 0 Å². The van der Waals surface area contributed by atoms with Gasteiger partial charge in [0.2, 0.25) is 5.91 Å². The van der Waals surface area contributed by atoms with Gasteiger partial charge in [0, 0.05) is 25.9 Å². The molecule has 1 heterocycles. The van der Waals surface area contributed by atoms with Gasteiger partial charge in [0.25, 0.3) is 0 Å². The van der Waals surface area contributed by atoms with Gasteiger partial charge in [0.1, 0.15) is 5.54 Å². The molecule has 0 aliphatic heterocycles. The molecule has 20 heavy (non-hydrogen) atoms. The van der Waals surface area contributed by atoms with Gasteiger partial charge in [-0.05, 0) is 32.4 Å². The molecule has 1 amide bonds. The van der Waals surface area contributed by atoms with Crippen LogP contribution in [0.2, 0.25) is 0 Å². The Hall–Kier alpha value is -2.10. The molecule has 0 saturated carbocycles. The summed E-state index contributed by atoms with van der Waals surface area (Å²) in [5.74, 6) is 0.0249. The van der Waals surface area contributed by atoms with Crippen molar-refractivity contribution in [3.05, 3.63) is 42.1 Å². The lowest BCUT2D eigenvalue weighted by Gasteiger charge is -2.27. The summed E-state index contributed by atoms with van der Waals surface area (Å²) in [5, 5.41) is 4.59. The van der Waals surface area contributed by atoms with E-state index >= 15 is 0 Å². The minimum atomic E-state index is -0.690. The fourth-order valence-corrected chi connectivity index (χ4v) is 2.28. The lowest BCUT2D eigenvalue weighted by molar-refractivity contribution is -0.137. The molecule has 106 valence electrons. The number of aromatic nitrogens is 2. The first kappa shape index (κ1) is 14.3. The second-order valence-electron chi connectivity index (χ2n) is 5.72. The number of carbonyl (C=O) groups is 1. The number of nitrogens with zero attached hydrogens (tertiary/aromatic N) is 3. The van der Waals surface area contributed by atoms with E-state index in [-0.39, 0.29) is 5.91 Å². The lowest BCUT2D eigenvalue weighted by Crippen LogP contribution is -2.44. The Balaban J connectivity index is 2.39. The smallest absolute Gasteiger partial charge is 0.249 e. The number of carbonyl (C=O) groups excluding carboxylic acids is 1. The summed E-state index contributed by atoms with van der Waals surface area (Å²) in [6.07, 6.45) is 1.86. The Morgan fingerprint density at radius 3 is 2.45 bits per heavy atom. The van der Waals surface area contributed by atoms with Gasteiger partial charge < -0.3 is 4.90 Å². The van der Waals surface area contributed by atoms with Crippen molar-refractivity contribution in [2.45, 2.75) is 26.3 Å². The van der Waals surface area contributed by atoms with E-state index in [2.05, 4.69) is 18.1 Å². The first-order valence-corrected chi connectivity index (χ1v) is 6.68. The molecule has 0 N–H and O–H groups in total. The van der Waals surface area contributed by atoms with Crippen LogP contribution in [0.4, 0.5) is 0 Å². The summed E-state index contributed by atoms with van der Waals surface area (Å²) in [6, 6.07) is 10.1. The number of likely N-dealkylation sites (N-methyl/N-ethyl adjacent to an activating group) is 1. The van der Waals surface area contributed by atoms with Gasteiger partial charge in [-0.3, -0.25) is 9.48 Å². The summed E-state index contributed by atoms with van der Waals surface area (Å²) in [4.78, 5) is 13.8. The predicted molar refractivity (Wildman–Crippen MR) is 80.4 cm³/mol. The van der Waals surface area contributed by atoms with Gasteiger partial charge in [-0.1, -0.05) is 24.3 Å². The molecule has 0 fully saturated rings. The molecule has 0 unspecified atom stereocenters. The van der Waals surface area contributed by atoms with Crippen LogP contribution in [-0.4, -0.2) is 34.7 Å². The van der Waals surface area contributed by atoms with Gasteiger partial charge in [-0.25, -0.2) is 0 Å². The molecule has 0 atom stereocenters. The van der Waals surface area contributed by atoms with Crippen molar-refractivity contribution < 1.29 is 4.79 Å². The third-order valence-electron chi connectivity index (χ3n) is 3.51. The van der Waals surface area contributed by atoms with Crippen LogP contribution in [-0.2, 0) is 10.3 Å². The Morgan fingerprint density at radius 1 is 1.20 bits per heavy atom. The fraction of sp³-hybridized carbons (Fsp3) is 0.375. The Kier molecular flexibility index (Phi) is 3.66. The highest BCUT2D eigenvalue weighted by molar-refractivity contribution is 5.83. The van der Waals surface area contributed by atoms with Crippen molar-refractivity contribution in [2.75, 3.05) is 14.1 Å². The van der Waals surface area contributed by atoms with Gasteiger partial charge >= 0.3 is 0 Å². The molecular weight excluding hydrogens is 250 g/mol. The zero-order valence-corrected chi connectivity index (χ0v) is 12.7. The number of benzene rings is 1. The highest BCUT2D eigenvalue weighted by Crippen LogP contribution is 2.24. The topological polar surface area (TPSA) is 38.1 Å². The Bertz CT molecular complexity index is 626. The second kappa shape index (κ2) is 5.12. The molecule has 0 aliphatic rings. The molecular formula is C16H21N3O. The Labute approximate surface area is 120 Å². The molecule has 2 rings (SSSR count). The van der Waals surface area contributed by atoms with Crippen molar-refractivity contribution in [3.8, 4) is 11.3 Å². The van der Waals surface area contributed by atoms with E-state index in [1.54, 1.807) is 23.7 Å². The first-order chi connectivity index (χ1) is 9.34. The zero-order chi connectivity index (χ0) is 14.9. The van der Waals surface area contributed by atoms with Crippen LogP contribution in [0.5, 0.6) is 0 Å². The van der Waals surface area contributed by atoms with Crippen molar-refractivity contribution in [1.82, 2.24) is 14.7 Å². The highest BCUT2D eigenvalue weighted by Gasteiger charge is 2.32. The maximum Gasteiger partial charge on any atom is 0.249 e. The van der Waals surface area contributed by atoms with Gasteiger partial charge in [-0.15, -0.1) is 0 Å². The molecule has 0 radical (unpaired) electrons. The van der Waals surface area contributed by atoms with E-state index in [1.165, 1.54) is 5.56 Å². The number of rotatable bonds is 3. The molecule has 0 saturated heterocycles. The molecule has 4 nitrogen and oxygen atoms in total. The van der Waals surface area contributed by atoms with Crippen molar-refractivity contribution in [2.24, 2.45) is 0 Å². The third kappa shape index (κ3) is 2.46. The van der Waals surface area contributed by atoms with Crippen molar-refractivity contribution in [3.63, 3.8) is 0 Å². The molecule has 2 aromatic rings. The minimum Gasteiger partial charge on any atom is -0.347 e. The molecule has 0 spiro atoms. The quantitative estimate of drug-likeness (QED) is 0.861. The maximum absolute atomic E-state index is 12.2.